The fraction of sp³-hybridized carbons (Fsp3) is 0.435. The van der Waals surface area contributed by atoms with Gasteiger partial charge in [-0.2, -0.15) is 13.9 Å². The summed E-state index contributed by atoms with van der Waals surface area (Å²) in [7, 11) is 5.38. The molecule has 1 atom stereocenters. The number of H-pyrrole nitrogens is 1. The summed E-state index contributed by atoms with van der Waals surface area (Å²) < 4.78 is 74.0. The molecule has 1 aliphatic heterocycles. The number of aromatic amines is 1. The molecule has 0 saturated carbocycles. The largest absolute Gasteiger partial charge is 0.474 e. The van der Waals surface area contributed by atoms with Crippen molar-refractivity contribution in [1.82, 2.24) is 34.4 Å². The Hall–Kier alpha value is -3.65. The van der Waals surface area contributed by atoms with Crippen molar-refractivity contribution < 1.29 is 31.8 Å². The van der Waals surface area contributed by atoms with Gasteiger partial charge in [-0.15, -0.1) is 5.10 Å². The standard InChI is InChI=1S/C23H25F4N7O3/c1-32(2)7-8-35-12-9-34-22(36-11-12)16(18(30-34)19(24)25)17-15(13-5-4-6-28-20(13)29-17)14-10-33(3)31-21(14)37-23(26)27/h4-6,10,12,19,23H,7-9,11H2,1-3H3,(H,28,29)/t12-/m0/s1. The molecule has 198 valence electrons. The number of aromatic nitrogens is 6. The quantitative estimate of drug-likeness (QED) is 0.334. The number of aryl methyl sites for hydroxylation is 1. The summed E-state index contributed by atoms with van der Waals surface area (Å²) in [5.41, 5.74) is 0.540. The van der Waals surface area contributed by atoms with Crippen LogP contribution in [0.25, 0.3) is 33.4 Å². The summed E-state index contributed by atoms with van der Waals surface area (Å²) >= 11 is 0. The number of hydrogen-bond donors (Lipinski definition) is 1. The molecule has 0 radical (unpaired) electrons. The number of likely N-dealkylation sites (N-methyl/N-ethyl adjacent to an activating group) is 1. The monoisotopic (exact) mass is 523 g/mol. The highest BCUT2D eigenvalue weighted by atomic mass is 19.3. The molecule has 5 heterocycles. The topological polar surface area (TPSA) is 95.2 Å². The summed E-state index contributed by atoms with van der Waals surface area (Å²) in [5.74, 6) is -0.228. The minimum Gasteiger partial charge on any atom is -0.474 e. The number of hydrogen-bond acceptors (Lipinski definition) is 7. The molecule has 0 amide bonds. The molecule has 1 aliphatic rings. The number of pyridine rings is 1. The van der Waals surface area contributed by atoms with E-state index in [1.54, 1.807) is 19.2 Å². The van der Waals surface area contributed by atoms with E-state index in [1.165, 1.54) is 21.8 Å². The first-order chi connectivity index (χ1) is 17.7. The maximum absolute atomic E-state index is 14.3. The van der Waals surface area contributed by atoms with E-state index in [-0.39, 0.29) is 47.8 Å². The first-order valence-electron chi connectivity index (χ1n) is 11.5. The molecule has 0 spiro atoms. The Kier molecular flexibility index (Phi) is 6.77. The van der Waals surface area contributed by atoms with Crippen LogP contribution < -0.4 is 9.47 Å². The summed E-state index contributed by atoms with van der Waals surface area (Å²) in [4.78, 5) is 9.32. The molecule has 0 aromatic carbocycles. The third-order valence-electron chi connectivity index (χ3n) is 5.90. The van der Waals surface area contributed by atoms with Gasteiger partial charge in [-0.3, -0.25) is 4.68 Å². The highest BCUT2D eigenvalue weighted by molar-refractivity contribution is 6.04. The summed E-state index contributed by atoms with van der Waals surface area (Å²) in [6.07, 6.45) is -0.314. The molecule has 4 aromatic rings. The van der Waals surface area contributed by atoms with Crippen molar-refractivity contribution >= 4 is 11.0 Å². The maximum atomic E-state index is 14.3. The lowest BCUT2D eigenvalue weighted by molar-refractivity contribution is -0.0527. The third kappa shape index (κ3) is 4.85. The van der Waals surface area contributed by atoms with Gasteiger partial charge in [-0.1, -0.05) is 0 Å². The predicted octanol–water partition coefficient (Wildman–Crippen LogP) is 3.71. The average molecular weight is 523 g/mol. The summed E-state index contributed by atoms with van der Waals surface area (Å²) in [5, 5.41) is 8.64. The van der Waals surface area contributed by atoms with Gasteiger partial charge in [-0.25, -0.2) is 18.4 Å². The van der Waals surface area contributed by atoms with Crippen molar-refractivity contribution in [2.45, 2.75) is 25.7 Å². The Morgan fingerprint density at radius 2 is 2.03 bits per heavy atom. The SMILES string of the molecule is CN(C)CCO[C@@H]1COc2c(-c3[nH]c4ncccc4c3-c3cn(C)nc3OC(F)F)c(C(F)F)nn2C1. The van der Waals surface area contributed by atoms with Gasteiger partial charge in [0.1, 0.15) is 24.1 Å². The number of rotatable bonds is 9. The number of halogens is 4. The van der Waals surface area contributed by atoms with E-state index in [0.717, 1.165) is 0 Å². The van der Waals surface area contributed by atoms with Crippen LogP contribution in [0.2, 0.25) is 0 Å². The van der Waals surface area contributed by atoms with Crippen molar-refractivity contribution in [2.24, 2.45) is 7.05 Å². The summed E-state index contributed by atoms with van der Waals surface area (Å²) in [6.45, 7) is -1.65. The van der Waals surface area contributed by atoms with Crippen LogP contribution in [0.5, 0.6) is 11.8 Å². The Morgan fingerprint density at radius 1 is 1.22 bits per heavy atom. The lowest BCUT2D eigenvalue weighted by Crippen LogP contribution is -2.34. The molecule has 4 aromatic heterocycles. The van der Waals surface area contributed by atoms with E-state index < -0.39 is 18.7 Å². The summed E-state index contributed by atoms with van der Waals surface area (Å²) in [6, 6.07) is 3.35. The molecule has 1 N–H and O–H groups in total. The van der Waals surface area contributed by atoms with Crippen LogP contribution in [0.15, 0.2) is 24.5 Å². The molecule has 0 bridgehead atoms. The second kappa shape index (κ2) is 10.0. The Balaban J connectivity index is 1.64. The van der Waals surface area contributed by atoms with Gasteiger partial charge >= 0.3 is 6.61 Å². The fourth-order valence-corrected chi connectivity index (χ4v) is 4.34. The number of nitrogens with zero attached hydrogens (tertiary/aromatic N) is 6. The van der Waals surface area contributed by atoms with Gasteiger partial charge in [0.2, 0.25) is 11.8 Å². The van der Waals surface area contributed by atoms with Crippen LogP contribution in [0.3, 0.4) is 0 Å². The van der Waals surface area contributed by atoms with E-state index in [9.17, 15) is 17.6 Å². The normalized spacial score (nSPS) is 15.7. The maximum Gasteiger partial charge on any atom is 0.388 e. The number of nitrogens with one attached hydrogen (secondary N) is 1. The van der Waals surface area contributed by atoms with Crippen molar-refractivity contribution in [3.05, 3.63) is 30.2 Å². The molecule has 0 fully saturated rings. The van der Waals surface area contributed by atoms with E-state index in [1.807, 2.05) is 19.0 Å². The lowest BCUT2D eigenvalue weighted by Gasteiger charge is -2.25. The van der Waals surface area contributed by atoms with Crippen LogP contribution in [-0.4, -0.2) is 81.0 Å². The number of fused-ring (bicyclic) bond motifs is 2. The fourth-order valence-electron chi connectivity index (χ4n) is 4.34. The van der Waals surface area contributed by atoms with E-state index in [2.05, 4.69) is 24.9 Å². The van der Waals surface area contributed by atoms with Crippen LogP contribution >= 0.6 is 0 Å². The van der Waals surface area contributed by atoms with Gasteiger partial charge in [0.25, 0.3) is 6.43 Å². The molecular weight excluding hydrogens is 498 g/mol. The molecule has 14 heteroatoms. The first kappa shape index (κ1) is 25.0. The zero-order chi connectivity index (χ0) is 26.3. The Labute approximate surface area is 208 Å². The second-order valence-electron chi connectivity index (χ2n) is 8.83. The molecule has 10 nitrogen and oxygen atoms in total. The Morgan fingerprint density at radius 3 is 2.76 bits per heavy atom. The van der Waals surface area contributed by atoms with Crippen molar-refractivity contribution in [3.8, 4) is 34.1 Å². The first-order valence-corrected chi connectivity index (χ1v) is 11.5. The van der Waals surface area contributed by atoms with Crippen LogP contribution in [0, 0.1) is 0 Å². The van der Waals surface area contributed by atoms with E-state index >= 15 is 0 Å². The molecular formula is C23H25F4N7O3. The van der Waals surface area contributed by atoms with Gasteiger partial charge in [0.05, 0.1) is 30.0 Å². The van der Waals surface area contributed by atoms with Crippen molar-refractivity contribution in [1.29, 1.82) is 0 Å². The third-order valence-corrected chi connectivity index (χ3v) is 5.90. The molecule has 5 rings (SSSR count). The average Bonchev–Trinajstić information content (AvgIpc) is 3.50. The zero-order valence-electron chi connectivity index (χ0n) is 20.3. The smallest absolute Gasteiger partial charge is 0.388 e. The van der Waals surface area contributed by atoms with Crippen molar-refractivity contribution in [3.63, 3.8) is 0 Å². The van der Waals surface area contributed by atoms with E-state index in [0.29, 0.717) is 29.7 Å². The molecule has 0 unspecified atom stereocenters. The van der Waals surface area contributed by atoms with Gasteiger partial charge in [-0.05, 0) is 26.2 Å². The highest BCUT2D eigenvalue weighted by Gasteiger charge is 2.35. The number of ether oxygens (including phenoxy) is 3. The predicted molar refractivity (Wildman–Crippen MR) is 125 cm³/mol. The number of alkyl halides is 4. The minimum absolute atomic E-state index is 0.0154. The van der Waals surface area contributed by atoms with Gasteiger partial charge < -0.3 is 24.1 Å². The minimum atomic E-state index is -3.13. The Bertz CT molecular complexity index is 1400. The van der Waals surface area contributed by atoms with Gasteiger partial charge in [0, 0.05) is 36.9 Å². The lowest BCUT2D eigenvalue weighted by atomic mass is 10.0. The van der Waals surface area contributed by atoms with Crippen LogP contribution in [0.1, 0.15) is 12.1 Å². The molecule has 37 heavy (non-hydrogen) atoms. The van der Waals surface area contributed by atoms with Crippen molar-refractivity contribution in [2.75, 3.05) is 33.9 Å². The second-order valence-corrected chi connectivity index (χ2v) is 8.83. The van der Waals surface area contributed by atoms with E-state index in [4.69, 9.17) is 9.47 Å². The zero-order valence-corrected chi connectivity index (χ0v) is 20.3. The molecule has 0 saturated heterocycles. The molecule has 0 aliphatic carbocycles. The van der Waals surface area contributed by atoms with Crippen LogP contribution in [0.4, 0.5) is 17.6 Å². The van der Waals surface area contributed by atoms with Crippen LogP contribution in [-0.2, 0) is 18.3 Å². The van der Waals surface area contributed by atoms with Gasteiger partial charge in [0.15, 0.2) is 0 Å². The highest BCUT2D eigenvalue weighted by Crippen LogP contribution is 2.47.